The Bertz CT molecular complexity index is 2440. The van der Waals surface area contributed by atoms with Crippen LogP contribution >= 0.6 is 23.2 Å². The van der Waals surface area contributed by atoms with Gasteiger partial charge in [0.1, 0.15) is 11.5 Å². The Morgan fingerprint density at radius 1 is 0.550 bits per heavy atom. The van der Waals surface area contributed by atoms with Crippen molar-refractivity contribution in [3.05, 3.63) is 106 Å². The molecule has 0 amide bonds. The zero-order valence-corrected chi connectivity index (χ0v) is 34.9. The van der Waals surface area contributed by atoms with Crippen LogP contribution in [0.25, 0.3) is 68.6 Å². The zero-order chi connectivity index (χ0) is 42.5. The van der Waals surface area contributed by atoms with E-state index in [9.17, 15) is 9.59 Å². The first-order valence-corrected chi connectivity index (χ1v) is 20.3. The van der Waals surface area contributed by atoms with E-state index in [4.69, 9.17) is 62.3 Å². The first-order valence-electron chi connectivity index (χ1n) is 19.5. The number of carboxylic acid groups (broad SMARTS) is 2. The summed E-state index contributed by atoms with van der Waals surface area (Å²) in [5.41, 5.74) is 8.74. The zero-order valence-electron chi connectivity index (χ0n) is 33.4. The molecule has 0 spiro atoms. The topological polar surface area (TPSA) is 169 Å². The first kappa shape index (κ1) is 42.2. The Hall–Kier alpha value is -5.92. The quantitative estimate of drug-likeness (QED) is 0.0687. The van der Waals surface area contributed by atoms with Crippen molar-refractivity contribution in [2.45, 2.75) is 53.1 Å². The number of H-pyrrole nitrogens is 2. The van der Waals surface area contributed by atoms with Crippen LogP contribution in [0, 0.1) is 11.8 Å². The van der Waals surface area contributed by atoms with Gasteiger partial charge in [0.2, 0.25) is 0 Å². The molecule has 7 rings (SSSR count). The van der Waals surface area contributed by atoms with Crippen molar-refractivity contribution >= 4 is 81.5 Å². The standard InChI is InChI=1S/C46H44Cl2N4O8/c1-25(45(53)54)21-23-57-27(3)59-31-9-5-29(6-10-31)41-33-13-17-37(49-33)43(47)39-19-15-35(51-39)42(36-16-20-40(52-36)44(48)38-18-14-34(41)50-38)30-7-11-32(12-8-30)60-28(4)58-24-22-26(2)46(55)56/h5-20,25-28,49,52H,21-24H2,1-4H3,(H,53,54)(H,55,56). The van der Waals surface area contributed by atoms with Crippen LogP contribution in [0.15, 0.2) is 72.8 Å². The maximum Gasteiger partial charge on any atom is 0.306 e. The third kappa shape index (κ3) is 9.75. The van der Waals surface area contributed by atoms with Crippen LogP contribution in [0.2, 0.25) is 10.0 Å². The maximum atomic E-state index is 11.1. The number of carboxylic acids is 2. The number of nitrogens with one attached hydrogen (secondary N) is 2. The number of aromatic amines is 2. The minimum atomic E-state index is -0.860. The van der Waals surface area contributed by atoms with Gasteiger partial charge in [0, 0.05) is 22.2 Å². The lowest BCUT2D eigenvalue weighted by atomic mass is 10.0. The fourth-order valence-electron chi connectivity index (χ4n) is 6.66. The number of rotatable bonds is 16. The molecule has 5 heterocycles. The lowest BCUT2D eigenvalue weighted by molar-refractivity contribution is -0.143. The summed E-state index contributed by atoms with van der Waals surface area (Å²) in [5.74, 6) is -1.56. The van der Waals surface area contributed by atoms with Crippen molar-refractivity contribution in [2.24, 2.45) is 11.8 Å². The van der Waals surface area contributed by atoms with E-state index in [0.29, 0.717) is 68.2 Å². The van der Waals surface area contributed by atoms with Gasteiger partial charge in [-0.25, -0.2) is 9.97 Å². The molecule has 0 fully saturated rings. The smallest absolute Gasteiger partial charge is 0.306 e. The van der Waals surface area contributed by atoms with Gasteiger partial charge >= 0.3 is 11.9 Å². The van der Waals surface area contributed by atoms with Crippen LogP contribution in [0.1, 0.15) is 63.3 Å². The summed E-state index contributed by atoms with van der Waals surface area (Å²) in [4.78, 5) is 39.3. The largest absolute Gasteiger partial charge is 0.481 e. The molecule has 310 valence electrons. The molecule has 5 aromatic rings. The summed E-state index contributed by atoms with van der Waals surface area (Å²) >= 11 is 14.2. The Kier molecular flexibility index (Phi) is 13.1. The van der Waals surface area contributed by atoms with Gasteiger partial charge < -0.3 is 39.1 Å². The summed E-state index contributed by atoms with van der Waals surface area (Å²) < 4.78 is 23.3. The van der Waals surface area contributed by atoms with E-state index in [0.717, 1.165) is 33.3 Å². The number of carbonyl (C=O) groups is 2. The normalized spacial score (nSPS) is 14.1. The van der Waals surface area contributed by atoms with Crippen molar-refractivity contribution in [3.63, 3.8) is 0 Å². The fourth-order valence-corrected chi connectivity index (χ4v) is 7.10. The molecule has 0 saturated carbocycles. The lowest BCUT2D eigenvalue weighted by Gasteiger charge is -2.16. The third-order valence-corrected chi connectivity index (χ3v) is 11.0. The SMILES string of the molecule is CC(OCCC(C)C(=O)O)Oc1ccc(-c2c3nc(c(Cl)c4ccc([nH]4)c(-c4ccc(OC(C)OCCC(C)C(=O)O)cc4)c4nc(c(Cl)c5ccc2[nH]5)C=C4)C=C3)cc1. The summed E-state index contributed by atoms with van der Waals surface area (Å²) in [7, 11) is 0. The molecule has 4 atom stereocenters. The molecule has 0 saturated heterocycles. The van der Waals surface area contributed by atoms with Gasteiger partial charge in [-0.05, 0) is 111 Å². The number of nitrogens with zero attached hydrogens (tertiary/aromatic N) is 2. The number of hydrogen-bond acceptors (Lipinski definition) is 8. The predicted octanol–water partition coefficient (Wildman–Crippen LogP) is 11.0. The van der Waals surface area contributed by atoms with Crippen molar-refractivity contribution in [2.75, 3.05) is 13.2 Å². The molecule has 4 N–H and O–H groups in total. The molecule has 14 heteroatoms. The second-order valence-corrected chi connectivity index (χ2v) is 15.4. The molecule has 60 heavy (non-hydrogen) atoms. The van der Waals surface area contributed by atoms with E-state index >= 15 is 0 Å². The number of aromatic nitrogens is 4. The van der Waals surface area contributed by atoms with Crippen molar-refractivity contribution in [1.82, 2.24) is 19.9 Å². The molecule has 0 radical (unpaired) electrons. The van der Waals surface area contributed by atoms with Gasteiger partial charge in [-0.2, -0.15) is 0 Å². The monoisotopic (exact) mass is 850 g/mol. The van der Waals surface area contributed by atoms with Crippen LogP contribution < -0.4 is 9.47 Å². The average molecular weight is 852 g/mol. The van der Waals surface area contributed by atoms with Crippen molar-refractivity contribution in [3.8, 4) is 33.8 Å². The Balaban J connectivity index is 1.24. The molecule has 2 aromatic carbocycles. The molecule has 3 aromatic heterocycles. The maximum absolute atomic E-state index is 11.1. The molecule has 2 aliphatic heterocycles. The van der Waals surface area contributed by atoms with E-state index in [1.165, 1.54) is 0 Å². The highest BCUT2D eigenvalue weighted by molar-refractivity contribution is 6.36. The average Bonchev–Trinajstić information content (AvgIpc) is 4.07. The Morgan fingerprint density at radius 2 is 0.900 bits per heavy atom. The molecular weight excluding hydrogens is 807 g/mol. The lowest BCUT2D eigenvalue weighted by Crippen LogP contribution is -2.19. The highest BCUT2D eigenvalue weighted by Crippen LogP contribution is 2.37. The number of aliphatic carboxylic acids is 2. The summed E-state index contributed by atoms with van der Waals surface area (Å²) in [6, 6.07) is 22.9. The van der Waals surface area contributed by atoms with Crippen LogP contribution in [0.4, 0.5) is 0 Å². The van der Waals surface area contributed by atoms with Gasteiger partial charge in [0.15, 0.2) is 12.6 Å². The molecule has 2 aliphatic rings. The van der Waals surface area contributed by atoms with E-state index < -0.39 is 36.4 Å². The van der Waals surface area contributed by atoms with Gasteiger partial charge in [-0.1, -0.05) is 61.3 Å². The molecular formula is C46H44Cl2N4O8. The van der Waals surface area contributed by atoms with Crippen LogP contribution in [0.5, 0.6) is 11.5 Å². The van der Waals surface area contributed by atoms with Crippen LogP contribution in [-0.4, -0.2) is 67.9 Å². The van der Waals surface area contributed by atoms with E-state index in [-0.39, 0.29) is 13.2 Å². The highest BCUT2D eigenvalue weighted by Gasteiger charge is 2.18. The van der Waals surface area contributed by atoms with Gasteiger partial charge in [-0.15, -0.1) is 0 Å². The first-order chi connectivity index (χ1) is 28.8. The van der Waals surface area contributed by atoms with Crippen molar-refractivity contribution < 1.29 is 38.7 Å². The molecule has 8 bridgehead atoms. The number of benzene rings is 2. The van der Waals surface area contributed by atoms with Crippen molar-refractivity contribution in [1.29, 1.82) is 0 Å². The van der Waals surface area contributed by atoms with E-state index in [1.54, 1.807) is 27.7 Å². The van der Waals surface area contributed by atoms with Crippen LogP contribution in [0.3, 0.4) is 0 Å². The minimum absolute atomic E-state index is 0.260. The Morgan fingerprint density at radius 3 is 1.27 bits per heavy atom. The third-order valence-electron chi connectivity index (χ3n) is 10.2. The van der Waals surface area contributed by atoms with Gasteiger partial charge in [0.05, 0.1) is 68.9 Å². The highest BCUT2D eigenvalue weighted by atomic mass is 35.5. The fraction of sp³-hybridized carbons (Fsp3) is 0.261. The second kappa shape index (κ2) is 18.6. The molecule has 12 nitrogen and oxygen atoms in total. The van der Waals surface area contributed by atoms with Crippen LogP contribution in [-0.2, 0) is 19.1 Å². The minimum Gasteiger partial charge on any atom is -0.481 e. The van der Waals surface area contributed by atoms with E-state index in [2.05, 4.69) is 9.97 Å². The molecule has 0 aliphatic carbocycles. The summed E-state index contributed by atoms with van der Waals surface area (Å²) in [6.07, 6.45) is 7.22. The number of hydrogen-bond donors (Lipinski definition) is 4. The van der Waals surface area contributed by atoms with E-state index in [1.807, 2.05) is 97.1 Å². The number of fused-ring (bicyclic) bond motifs is 8. The predicted molar refractivity (Wildman–Crippen MR) is 235 cm³/mol. The van der Waals surface area contributed by atoms with Gasteiger partial charge in [0.25, 0.3) is 0 Å². The second-order valence-electron chi connectivity index (χ2n) is 14.6. The molecule has 4 unspecified atom stereocenters. The number of ether oxygens (including phenoxy) is 4. The van der Waals surface area contributed by atoms with Gasteiger partial charge in [-0.3, -0.25) is 9.59 Å². The Labute approximate surface area is 356 Å². The summed E-state index contributed by atoms with van der Waals surface area (Å²) in [5, 5.41) is 19.2. The number of halogens is 2. The summed E-state index contributed by atoms with van der Waals surface area (Å²) in [6.45, 7) is 7.35.